The zero-order valence-corrected chi connectivity index (χ0v) is 18.5. The van der Waals surface area contributed by atoms with Gasteiger partial charge in [-0.1, -0.05) is 44.2 Å². The van der Waals surface area contributed by atoms with E-state index >= 15 is 0 Å². The Morgan fingerprint density at radius 2 is 1.69 bits per heavy atom. The van der Waals surface area contributed by atoms with Crippen molar-refractivity contribution >= 4 is 35.8 Å². The van der Waals surface area contributed by atoms with Gasteiger partial charge in [0.2, 0.25) is 5.91 Å². The largest absolute Gasteiger partial charge is 0.356 e. The number of guanidine groups is 1. The number of benzene rings is 1. The van der Waals surface area contributed by atoms with E-state index in [1.54, 1.807) is 7.05 Å². The Kier molecular flexibility index (Phi) is 9.98. The highest BCUT2D eigenvalue weighted by Crippen LogP contribution is 2.30. The number of hydrogen-bond donors (Lipinski definition) is 3. The summed E-state index contributed by atoms with van der Waals surface area (Å²) in [5.74, 6) is 1.23. The van der Waals surface area contributed by atoms with Crippen LogP contribution in [0.5, 0.6) is 0 Å². The highest BCUT2D eigenvalue weighted by atomic mass is 127. The lowest BCUT2D eigenvalue weighted by Gasteiger charge is -2.33. The number of nitrogens with one attached hydrogen (secondary N) is 3. The van der Waals surface area contributed by atoms with Crippen LogP contribution in [0.2, 0.25) is 0 Å². The van der Waals surface area contributed by atoms with Crippen molar-refractivity contribution < 1.29 is 4.79 Å². The molecule has 26 heavy (non-hydrogen) atoms. The molecule has 1 aromatic rings. The number of carbonyl (C=O) groups excluding carboxylic acids is 1. The maximum absolute atomic E-state index is 11.6. The molecule has 1 saturated carbocycles. The van der Waals surface area contributed by atoms with E-state index in [0.29, 0.717) is 13.1 Å². The molecule has 0 aliphatic heterocycles. The SMILES string of the molecule is CCC(CC)(CNC(=NC)NCCNC(=O)C1CC1)c1ccccc1.I. The van der Waals surface area contributed by atoms with E-state index in [-0.39, 0.29) is 41.2 Å². The summed E-state index contributed by atoms with van der Waals surface area (Å²) in [5, 5.41) is 9.70. The second-order valence-electron chi connectivity index (χ2n) is 6.77. The maximum Gasteiger partial charge on any atom is 0.223 e. The average Bonchev–Trinajstić information content (AvgIpc) is 3.50. The molecule has 1 aromatic carbocycles. The van der Waals surface area contributed by atoms with Gasteiger partial charge in [-0.2, -0.15) is 0 Å². The molecule has 0 unspecified atom stereocenters. The van der Waals surface area contributed by atoms with E-state index in [0.717, 1.165) is 38.2 Å². The maximum atomic E-state index is 11.6. The number of rotatable bonds is 9. The van der Waals surface area contributed by atoms with Gasteiger partial charge in [0.05, 0.1) is 0 Å². The van der Waals surface area contributed by atoms with Gasteiger partial charge >= 0.3 is 0 Å². The van der Waals surface area contributed by atoms with Crippen LogP contribution >= 0.6 is 24.0 Å². The van der Waals surface area contributed by atoms with Crippen molar-refractivity contribution in [1.29, 1.82) is 0 Å². The Hall–Kier alpha value is -1.31. The molecule has 2 rings (SSSR count). The van der Waals surface area contributed by atoms with Gasteiger partial charge in [-0.15, -0.1) is 24.0 Å². The zero-order chi connectivity index (χ0) is 18.1. The quantitative estimate of drug-likeness (QED) is 0.224. The molecular formula is C20H33IN4O. The number of carbonyl (C=O) groups is 1. The van der Waals surface area contributed by atoms with Gasteiger partial charge in [0.25, 0.3) is 0 Å². The van der Waals surface area contributed by atoms with Crippen molar-refractivity contribution in [1.82, 2.24) is 16.0 Å². The minimum absolute atomic E-state index is 0. The third-order valence-electron chi connectivity index (χ3n) is 5.22. The summed E-state index contributed by atoms with van der Waals surface area (Å²) in [5.41, 5.74) is 1.46. The monoisotopic (exact) mass is 472 g/mol. The van der Waals surface area contributed by atoms with Gasteiger partial charge in [0.15, 0.2) is 5.96 Å². The molecule has 1 aliphatic carbocycles. The minimum atomic E-state index is 0. The summed E-state index contributed by atoms with van der Waals surface area (Å²) in [6.07, 6.45) is 4.21. The lowest BCUT2D eigenvalue weighted by Crippen LogP contribution is -2.47. The molecule has 5 nitrogen and oxygen atoms in total. The van der Waals surface area contributed by atoms with Gasteiger partial charge in [-0.3, -0.25) is 9.79 Å². The number of amides is 1. The van der Waals surface area contributed by atoms with Crippen molar-refractivity contribution in [3.8, 4) is 0 Å². The summed E-state index contributed by atoms with van der Waals surface area (Å²) >= 11 is 0. The molecule has 3 N–H and O–H groups in total. The Labute approximate surface area is 174 Å². The normalized spacial score (nSPS) is 14.3. The smallest absolute Gasteiger partial charge is 0.223 e. The van der Waals surface area contributed by atoms with Crippen LogP contribution in [0.25, 0.3) is 0 Å². The predicted molar refractivity (Wildman–Crippen MR) is 119 cm³/mol. The molecule has 0 radical (unpaired) electrons. The second-order valence-corrected chi connectivity index (χ2v) is 6.77. The molecule has 0 aromatic heterocycles. The third kappa shape index (κ3) is 6.45. The van der Waals surface area contributed by atoms with Crippen LogP contribution in [0.4, 0.5) is 0 Å². The highest BCUT2D eigenvalue weighted by molar-refractivity contribution is 14.0. The van der Waals surface area contributed by atoms with Gasteiger partial charge < -0.3 is 16.0 Å². The molecule has 0 saturated heterocycles. The number of aliphatic imine (C=N–C) groups is 1. The fraction of sp³-hybridized carbons (Fsp3) is 0.600. The number of hydrogen-bond acceptors (Lipinski definition) is 2. The molecule has 146 valence electrons. The van der Waals surface area contributed by atoms with Crippen molar-refractivity contribution in [2.24, 2.45) is 10.9 Å². The van der Waals surface area contributed by atoms with Crippen LogP contribution < -0.4 is 16.0 Å². The molecule has 0 atom stereocenters. The standard InChI is InChI=1S/C20H32N4O.HI/c1-4-20(5-2,17-9-7-6-8-10-17)15-24-19(21-3)23-14-13-22-18(25)16-11-12-16;/h6-10,16H,4-5,11-15H2,1-3H3,(H,22,25)(H2,21,23,24);1H. The van der Waals surface area contributed by atoms with Crippen LogP contribution in [0, 0.1) is 5.92 Å². The fourth-order valence-corrected chi connectivity index (χ4v) is 3.13. The minimum Gasteiger partial charge on any atom is -0.356 e. The van der Waals surface area contributed by atoms with E-state index in [1.807, 2.05) is 0 Å². The summed E-state index contributed by atoms with van der Waals surface area (Å²) in [7, 11) is 1.78. The molecule has 0 heterocycles. The van der Waals surface area contributed by atoms with Crippen LogP contribution in [0.3, 0.4) is 0 Å². The Balaban J connectivity index is 0.00000338. The van der Waals surface area contributed by atoms with Crippen LogP contribution in [-0.2, 0) is 10.2 Å². The Morgan fingerprint density at radius 1 is 1.08 bits per heavy atom. The first kappa shape index (κ1) is 22.7. The van der Waals surface area contributed by atoms with Gasteiger partial charge in [0.1, 0.15) is 0 Å². The van der Waals surface area contributed by atoms with Crippen molar-refractivity contribution in [3.63, 3.8) is 0 Å². The Bertz CT molecular complexity index is 568. The first-order valence-electron chi connectivity index (χ1n) is 9.43. The Morgan fingerprint density at radius 3 is 2.23 bits per heavy atom. The third-order valence-corrected chi connectivity index (χ3v) is 5.22. The molecular weight excluding hydrogens is 439 g/mol. The van der Waals surface area contributed by atoms with E-state index in [9.17, 15) is 4.79 Å². The lowest BCUT2D eigenvalue weighted by molar-refractivity contribution is -0.122. The van der Waals surface area contributed by atoms with Crippen molar-refractivity contribution in [2.45, 2.75) is 44.9 Å². The fourth-order valence-electron chi connectivity index (χ4n) is 3.13. The summed E-state index contributed by atoms with van der Waals surface area (Å²) < 4.78 is 0. The van der Waals surface area contributed by atoms with Gasteiger partial charge in [-0.25, -0.2) is 0 Å². The molecule has 0 bridgehead atoms. The van der Waals surface area contributed by atoms with Crippen molar-refractivity contribution in [2.75, 3.05) is 26.7 Å². The first-order chi connectivity index (χ1) is 12.1. The number of halogens is 1. The van der Waals surface area contributed by atoms with E-state index in [2.05, 4.69) is 65.1 Å². The number of nitrogens with zero attached hydrogens (tertiary/aromatic N) is 1. The van der Waals surface area contributed by atoms with Gasteiger partial charge in [-0.05, 0) is 31.2 Å². The molecule has 1 aliphatic rings. The van der Waals surface area contributed by atoms with E-state index < -0.39 is 0 Å². The van der Waals surface area contributed by atoms with Crippen LogP contribution in [0.15, 0.2) is 35.3 Å². The van der Waals surface area contributed by atoms with Crippen molar-refractivity contribution in [3.05, 3.63) is 35.9 Å². The summed E-state index contributed by atoms with van der Waals surface area (Å²) in [4.78, 5) is 15.9. The van der Waals surface area contributed by atoms with E-state index in [1.165, 1.54) is 5.56 Å². The topological polar surface area (TPSA) is 65.5 Å². The lowest BCUT2D eigenvalue weighted by atomic mass is 9.76. The van der Waals surface area contributed by atoms with E-state index in [4.69, 9.17) is 0 Å². The summed E-state index contributed by atoms with van der Waals surface area (Å²) in [6.45, 7) is 6.61. The molecule has 1 amide bonds. The molecule has 0 spiro atoms. The van der Waals surface area contributed by atoms with Crippen LogP contribution in [0.1, 0.15) is 45.1 Å². The predicted octanol–water partition coefficient (Wildman–Crippen LogP) is 3.05. The second kappa shape index (κ2) is 11.4. The average molecular weight is 472 g/mol. The highest BCUT2D eigenvalue weighted by Gasteiger charge is 2.29. The zero-order valence-electron chi connectivity index (χ0n) is 16.2. The summed E-state index contributed by atoms with van der Waals surface area (Å²) in [6, 6.07) is 10.7. The molecule has 6 heteroatoms. The molecule has 1 fully saturated rings. The first-order valence-corrected chi connectivity index (χ1v) is 9.43. The van der Waals surface area contributed by atoms with Crippen LogP contribution in [-0.4, -0.2) is 38.5 Å². The van der Waals surface area contributed by atoms with Gasteiger partial charge in [0, 0.05) is 38.0 Å².